The monoisotopic (exact) mass is 356 g/mol. The maximum atomic E-state index is 11.9. The molecule has 1 amide bonds. The lowest BCUT2D eigenvalue weighted by atomic mass is 10.1. The van der Waals surface area contributed by atoms with Crippen LogP contribution in [0.25, 0.3) is 0 Å². The SMILES string of the molecule is Cl.NCCCCCCC(=O)Nc1ccc(SC2CCCC2)cc1. The number of benzene rings is 1. The van der Waals surface area contributed by atoms with Crippen LogP contribution in [0.5, 0.6) is 0 Å². The topological polar surface area (TPSA) is 55.1 Å². The second-order valence-corrected chi connectivity index (χ2v) is 7.42. The van der Waals surface area contributed by atoms with Crippen LogP contribution < -0.4 is 11.1 Å². The first kappa shape index (κ1) is 20.3. The van der Waals surface area contributed by atoms with Crippen molar-refractivity contribution >= 4 is 35.8 Å². The third-order valence-electron chi connectivity index (χ3n) is 4.10. The number of carbonyl (C=O) groups is 1. The van der Waals surface area contributed by atoms with E-state index in [4.69, 9.17) is 5.73 Å². The maximum Gasteiger partial charge on any atom is 0.224 e. The van der Waals surface area contributed by atoms with Crippen molar-refractivity contribution in [2.75, 3.05) is 11.9 Å². The summed E-state index contributed by atoms with van der Waals surface area (Å²) >= 11 is 1.98. The van der Waals surface area contributed by atoms with Gasteiger partial charge in [0, 0.05) is 22.3 Å². The van der Waals surface area contributed by atoms with E-state index in [9.17, 15) is 4.79 Å². The molecule has 0 spiro atoms. The minimum absolute atomic E-state index is 0. The fourth-order valence-electron chi connectivity index (χ4n) is 2.82. The lowest BCUT2D eigenvalue weighted by molar-refractivity contribution is -0.116. The number of hydrogen-bond acceptors (Lipinski definition) is 3. The number of thioether (sulfide) groups is 1. The van der Waals surface area contributed by atoms with E-state index in [1.165, 1.54) is 30.6 Å². The highest BCUT2D eigenvalue weighted by atomic mass is 35.5. The Morgan fingerprint density at radius 3 is 2.39 bits per heavy atom. The smallest absolute Gasteiger partial charge is 0.224 e. The van der Waals surface area contributed by atoms with Crippen LogP contribution in [0, 0.1) is 0 Å². The van der Waals surface area contributed by atoms with E-state index >= 15 is 0 Å². The summed E-state index contributed by atoms with van der Waals surface area (Å²) < 4.78 is 0. The summed E-state index contributed by atoms with van der Waals surface area (Å²) in [6.07, 6.45) is 10.2. The van der Waals surface area contributed by atoms with Gasteiger partial charge in [0.1, 0.15) is 0 Å². The highest BCUT2D eigenvalue weighted by molar-refractivity contribution is 8.00. The molecule has 0 aliphatic heterocycles. The molecule has 0 unspecified atom stereocenters. The summed E-state index contributed by atoms with van der Waals surface area (Å²) in [7, 11) is 0. The molecule has 5 heteroatoms. The second kappa shape index (κ2) is 11.8. The number of carbonyl (C=O) groups excluding carboxylic acids is 1. The molecule has 2 rings (SSSR count). The molecule has 0 aromatic heterocycles. The zero-order valence-corrected chi connectivity index (χ0v) is 15.4. The maximum absolute atomic E-state index is 11.9. The lowest BCUT2D eigenvalue weighted by Gasteiger charge is -2.10. The van der Waals surface area contributed by atoms with E-state index in [2.05, 4.69) is 17.4 Å². The van der Waals surface area contributed by atoms with Gasteiger partial charge in [-0.15, -0.1) is 24.2 Å². The molecule has 3 nitrogen and oxygen atoms in total. The molecule has 0 bridgehead atoms. The number of hydrogen-bond donors (Lipinski definition) is 2. The first-order valence-electron chi connectivity index (χ1n) is 8.54. The predicted octanol–water partition coefficient (Wildman–Crippen LogP) is 4.99. The summed E-state index contributed by atoms with van der Waals surface area (Å²) in [5, 5.41) is 3.77. The van der Waals surface area contributed by atoms with Crippen molar-refractivity contribution in [3.63, 3.8) is 0 Å². The van der Waals surface area contributed by atoms with Crippen molar-refractivity contribution in [1.29, 1.82) is 0 Å². The van der Waals surface area contributed by atoms with Gasteiger partial charge >= 0.3 is 0 Å². The standard InChI is InChI=1S/C18H28N2OS.ClH/c19-14-6-2-1-3-9-18(21)20-15-10-12-17(13-11-15)22-16-7-4-5-8-16;/h10-13,16H,1-9,14,19H2,(H,20,21);1H. The van der Waals surface area contributed by atoms with Crippen molar-refractivity contribution in [2.24, 2.45) is 5.73 Å². The predicted molar refractivity (Wildman–Crippen MR) is 103 cm³/mol. The number of rotatable bonds is 9. The molecule has 1 fully saturated rings. The molecule has 23 heavy (non-hydrogen) atoms. The average Bonchev–Trinajstić information content (AvgIpc) is 3.02. The molecule has 0 saturated heterocycles. The van der Waals surface area contributed by atoms with Gasteiger partial charge in [-0.1, -0.05) is 25.7 Å². The highest BCUT2D eigenvalue weighted by Crippen LogP contribution is 2.34. The van der Waals surface area contributed by atoms with E-state index in [0.717, 1.165) is 43.2 Å². The molecule has 3 N–H and O–H groups in total. The molecule has 1 aliphatic rings. The van der Waals surface area contributed by atoms with Gasteiger partial charge < -0.3 is 11.1 Å². The number of halogens is 1. The van der Waals surface area contributed by atoms with E-state index in [1.54, 1.807) is 0 Å². The molecule has 1 aromatic carbocycles. The summed E-state index contributed by atoms with van der Waals surface area (Å²) in [6, 6.07) is 8.28. The van der Waals surface area contributed by atoms with Gasteiger partial charge in [-0.05, 0) is 56.5 Å². The van der Waals surface area contributed by atoms with Crippen LogP contribution in [0.1, 0.15) is 57.8 Å². The van der Waals surface area contributed by atoms with Crippen molar-refractivity contribution in [1.82, 2.24) is 0 Å². The number of nitrogens with two attached hydrogens (primary N) is 1. The number of anilines is 1. The van der Waals surface area contributed by atoms with Crippen LogP contribution in [-0.2, 0) is 4.79 Å². The van der Waals surface area contributed by atoms with Crippen LogP contribution >= 0.6 is 24.2 Å². The minimum atomic E-state index is 0. The van der Waals surface area contributed by atoms with Crippen molar-refractivity contribution in [3.8, 4) is 0 Å². The Morgan fingerprint density at radius 1 is 1.09 bits per heavy atom. The van der Waals surface area contributed by atoms with Gasteiger partial charge in [0.25, 0.3) is 0 Å². The summed E-state index contributed by atoms with van der Waals surface area (Å²) in [4.78, 5) is 13.2. The van der Waals surface area contributed by atoms with Crippen LogP contribution in [0.2, 0.25) is 0 Å². The Balaban J connectivity index is 0.00000264. The number of unbranched alkanes of at least 4 members (excludes halogenated alkanes) is 3. The zero-order chi connectivity index (χ0) is 15.6. The molecule has 0 atom stereocenters. The van der Waals surface area contributed by atoms with Crippen molar-refractivity contribution in [3.05, 3.63) is 24.3 Å². The first-order valence-corrected chi connectivity index (χ1v) is 9.42. The third-order valence-corrected chi connectivity index (χ3v) is 5.45. The first-order chi connectivity index (χ1) is 10.8. The van der Waals surface area contributed by atoms with Crippen molar-refractivity contribution in [2.45, 2.75) is 67.9 Å². The molecular formula is C18H29ClN2OS. The van der Waals surface area contributed by atoms with Crippen LogP contribution in [0.15, 0.2) is 29.2 Å². The fraction of sp³-hybridized carbons (Fsp3) is 0.611. The molecule has 130 valence electrons. The van der Waals surface area contributed by atoms with Gasteiger partial charge in [-0.25, -0.2) is 0 Å². The highest BCUT2D eigenvalue weighted by Gasteiger charge is 2.15. The van der Waals surface area contributed by atoms with E-state index in [0.29, 0.717) is 6.42 Å². The van der Waals surface area contributed by atoms with Gasteiger partial charge in [-0.3, -0.25) is 4.79 Å². The minimum Gasteiger partial charge on any atom is -0.330 e. The van der Waals surface area contributed by atoms with E-state index < -0.39 is 0 Å². The summed E-state index contributed by atoms with van der Waals surface area (Å²) in [5.74, 6) is 0.115. The third kappa shape index (κ3) is 8.09. The van der Waals surface area contributed by atoms with Gasteiger partial charge in [0.2, 0.25) is 5.91 Å². The Labute approximate surface area is 150 Å². The molecule has 1 aromatic rings. The van der Waals surface area contributed by atoms with Crippen LogP contribution in [-0.4, -0.2) is 17.7 Å². The quantitative estimate of drug-likeness (QED) is 0.613. The van der Waals surface area contributed by atoms with Crippen LogP contribution in [0.4, 0.5) is 5.69 Å². The molecule has 1 aliphatic carbocycles. The molecule has 0 heterocycles. The molecule has 0 radical (unpaired) electrons. The largest absolute Gasteiger partial charge is 0.330 e. The Hall–Kier alpha value is -0.710. The van der Waals surface area contributed by atoms with Gasteiger partial charge in [0.15, 0.2) is 0 Å². The average molecular weight is 357 g/mol. The summed E-state index contributed by atoms with van der Waals surface area (Å²) in [5.41, 5.74) is 6.36. The molecular weight excluding hydrogens is 328 g/mol. The lowest BCUT2D eigenvalue weighted by Crippen LogP contribution is -2.11. The van der Waals surface area contributed by atoms with E-state index in [1.807, 2.05) is 23.9 Å². The zero-order valence-electron chi connectivity index (χ0n) is 13.8. The van der Waals surface area contributed by atoms with Gasteiger partial charge in [0.05, 0.1) is 0 Å². The fourth-order valence-corrected chi connectivity index (χ4v) is 4.07. The van der Waals surface area contributed by atoms with E-state index in [-0.39, 0.29) is 18.3 Å². The molecule has 1 saturated carbocycles. The number of amides is 1. The Morgan fingerprint density at radius 2 is 1.74 bits per heavy atom. The Bertz CT molecular complexity index is 447. The normalized spacial score (nSPS) is 14.5. The van der Waals surface area contributed by atoms with Gasteiger partial charge in [-0.2, -0.15) is 0 Å². The Kier molecular flexibility index (Phi) is 10.4. The number of nitrogens with one attached hydrogen (secondary N) is 1. The van der Waals surface area contributed by atoms with Crippen molar-refractivity contribution < 1.29 is 4.79 Å². The van der Waals surface area contributed by atoms with Crippen LogP contribution in [0.3, 0.4) is 0 Å². The summed E-state index contributed by atoms with van der Waals surface area (Å²) in [6.45, 7) is 0.747. The second-order valence-electron chi connectivity index (χ2n) is 6.05.